The van der Waals surface area contributed by atoms with Crippen molar-refractivity contribution in [1.82, 2.24) is 4.90 Å². The van der Waals surface area contributed by atoms with Gasteiger partial charge in [-0.2, -0.15) is 0 Å². The lowest BCUT2D eigenvalue weighted by Crippen LogP contribution is -2.54. The molecule has 2 rings (SSSR count). The molecule has 0 radical (unpaired) electrons. The summed E-state index contributed by atoms with van der Waals surface area (Å²) < 4.78 is 0. The van der Waals surface area contributed by atoms with Crippen LogP contribution in [0.4, 0.5) is 0 Å². The molecule has 1 aliphatic rings. The molecule has 1 fully saturated rings. The average Bonchev–Trinajstić information content (AvgIpc) is 2.33. The standard InChI is InChI=1S/C17H26N2O/c1-12-10-19(11-12)16(20)15(18)9-13-5-7-14(8-6-13)17(2,3)4/h5-8,12,15H,9-11,18H2,1-4H3. The lowest BCUT2D eigenvalue weighted by Gasteiger charge is -2.38. The Bertz CT molecular complexity index is 467. The van der Waals surface area contributed by atoms with Gasteiger partial charge < -0.3 is 10.6 Å². The molecule has 0 bridgehead atoms. The second kappa shape index (κ2) is 5.57. The first-order valence-corrected chi connectivity index (χ1v) is 7.41. The van der Waals surface area contributed by atoms with Crippen LogP contribution in [0, 0.1) is 5.92 Å². The topological polar surface area (TPSA) is 46.3 Å². The molecule has 0 aromatic heterocycles. The van der Waals surface area contributed by atoms with Crippen molar-refractivity contribution < 1.29 is 4.79 Å². The van der Waals surface area contributed by atoms with Gasteiger partial charge in [0.15, 0.2) is 0 Å². The van der Waals surface area contributed by atoms with Gasteiger partial charge in [-0.05, 0) is 28.9 Å². The number of benzene rings is 1. The molecule has 1 saturated heterocycles. The van der Waals surface area contributed by atoms with E-state index in [1.807, 2.05) is 4.90 Å². The number of amides is 1. The number of rotatable bonds is 3. The highest BCUT2D eigenvalue weighted by Gasteiger charge is 2.30. The molecule has 20 heavy (non-hydrogen) atoms. The molecule has 2 N–H and O–H groups in total. The van der Waals surface area contributed by atoms with Crippen molar-refractivity contribution in [2.24, 2.45) is 11.7 Å². The highest BCUT2D eigenvalue weighted by atomic mass is 16.2. The average molecular weight is 274 g/mol. The fourth-order valence-corrected chi connectivity index (χ4v) is 2.60. The third-order valence-corrected chi connectivity index (χ3v) is 3.97. The van der Waals surface area contributed by atoms with E-state index in [2.05, 4.69) is 52.0 Å². The summed E-state index contributed by atoms with van der Waals surface area (Å²) in [4.78, 5) is 14.0. The first kappa shape index (κ1) is 15.0. The van der Waals surface area contributed by atoms with Gasteiger partial charge in [-0.25, -0.2) is 0 Å². The van der Waals surface area contributed by atoms with Crippen molar-refractivity contribution >= 4 is 5.91 Å². The summed E-state index contributed by atoms with van der Waals surface area (Å²) in [6, 6.07) is 8.04. The summed E-state index contributed by atoms with van der Waals surface area (Å²) in [5.74, 6) is 0.709. The summed E-state index contributed by atoms with van der Waals surface area (Å²) in [5.41, 5.74) is 8.63. The summed E-state index contributed by atoms with van der Waals surface area (Å²) >= 11 is 0. The van der Waals surface area contributed by atoms with Crippen LogP contribution in [0.5, 0.6) is 0 Å². The van der Waals surface area contributed by atoms with E-state index < -0.39 is 6.04 Å². The van der Waals surface area contributed by atoms with E-state index >= 15 is 0 Å². The van der Waals surface area contributed by atoms with Crippen molar-refractivity contribution in [1.29, 1.82) is 0 Å². The Labute approximate surface area is 122 Å². The Kier molecular flexibility index (Phi) is 4.19. The van der Waals surface area contributed by atoms with Gasteiger partial charge in [-0.15, -0.1) is 0 Å². The largest absolute Gasteiger partial charge is 0.341 e. The SMILES string of the molecule is CC1CN(C(=O)C(N)Cc2ccc(C(C)(C)C)cc2)C1. The molecule has 1 unspecified atom stereocenters. The van der Waals surface area contributed by atoms with E-state index in [9.17, 15) is 4.79 Å². The van der Waals surface area contributed by atoms with Gasteiger partial charge in [0.2, 0.25) is 5.91 Å². The molecule has 1 amide bonds. The lowest BCUT2D eigenvalue weighted by molar-refractivity contribution is -0.138. The summed E-state index contributed by atoms with van der Waals surface area (Å²) in [7, 11) is 0. The van der Waals surface area contributed by atoms with E-state index in [0.717, 1.165) is 18.7 Å². The van der Waals surface area contributed by atoms with E-state index in [1.54, 1.807) is 0 Å². The number of carbonyl (C=O) groups is 1. The van der Waals surface area contributed by atoms with Gasteiger partial charge in [0.1, 0.15) is 0 Å². The van der Waals surface area contributed by atoms with Crippen LogP contribution in [-0.4, -0.2) is 29.9 Å². The fourth-order valence-electron chi connectivity index (χ4n) is 2.60. The summed E-state index contributed by atoms with van der Waals surface area (Å²) in [6.45, 7) is 10.5. The van der Waals surface area contributed by atoms with Crippen LogP contribution in [0.25, 0.3) is 0 Å². The second-order valence-corrected chi connectivity index (χ2v) is 7.11. The van der Waals surface area contributed by atoms with Crippen molar-refractivity contribution in [3.05, 3.63) is 35.4 Å². The van der Waals surface area contributed by atoms with Crippen molar-refractivity contribution in [3.8, 4) is 0 Å². The molecule has 0 saturated carbocycles. The first-order chi connectivity index (χ1) is 9.27. The maximum Gasteiger partial charge on any atom is 0.239 e. The summed E-state index contributed by atoms with van der Waals surface area (Å²) in [6.07, 6.45) is 0.619. The Hall–Kier alpha value is -1.35. The van der Waals surface area contributed by atoms with Crippen LogP contribution < -0.4 is 5.73 Å². The zero-order chi connectivity index (χ0) is 14.9. The molecule has 3 heteroatoms. The smallest absolute Gasteiger partial charge is 0.239 e. The Morgan fingerprint density at radius 3 is 2.30 bits per heavy atom. The number of likely N-dealkylation sites (tertiary alicyclic amines) is 1. The van der Waals surface area contributed by atoms with Gasteiger partial charge in [0.05, 0.1) is 6.04 Å². The molecular weight excluding hydrogens is 248 g/mol. The zero-order valence-electron chi connectivity index (χ0n) is 13.0. The minimum Gasteiger partial charge on any atom is -0.341 e. The molecule has 0 aliphatic carbocycles. The number of nitrogens with zero attached hydrogens (tertiary/aromatic N) is 1. The van der Waals surface area contributed by atoms with Gasteiger partial charge in [0.25, 0.3) is 0 Å². The van der Waals surface area contributed by atoms with Gasteiger partial charge >= 0.3 is 0 Å². The minimum atomic E-state index is -0.414. The monoisotopic (exact) mass is 274 g/mol. The van der Waals surface area contributed by atoms with Gasteiger partial charge in [0, 0.05) is 13.1 Å². The normalized spacial score (nSPS) is 17.8. The highest BCUT2D eigenvalue weighted by molar-refractivity contribution is 5.82. The maximum absolute atomic E-state index is 12.1. The van der Waals surface area contributed by atoms with Crippen LogP contribution in [0.15, 0.2) is 24.3 Å². The third kappa shape index (κ3) is 3.40. The Morgan fingerprint density at radius 1 is 1.30 bits per heavy atom. The van der Waals surface area contributed by atoms with Crippen molar-refractivity contribution in [3.63, 3.8) is 0 Å². The van der Waals surface area contributed by atoms with Crippen LogP contribution in [0.2, 0.25) is 0 Å². The van der Waals surface area contributed by atoms with Crippen molar-refractivity contribution in [2.45, 2.75) is 45.6 Å². The summed E-state index contributed by atoms with van der Waals surface area (Å²) in [5, 5.41) is 0. The van der Waals surface area contributed by atoms with Gasteiger partial charge in [-0.1, -0.05) is 52.0 Å². The molecule has 0 spiro atoms. The van der Waals surface area contributed by atoms with E-state index in [4.69, 9.17) is 5.73 Å². The quantitative estimate of drug-likeness (QED) is 0.919. The number of carbonyl (C=O) groups excluding carboxylic acids is 1. The van der Waals surface area contributed by atoms with Crippen LogP contribution in [-0.2, 0) is 16.6 Å². The fraction of sp³-hybridized carbons (Fsp3) is 0.588. The third-order valence-electron chi connectivity index (χ3n) is 3.97. The minimum absolute atomic E-state index is 0.0861. The zero-order valence-corrected chi connectivity index (χ0v) is 13.0. The highest BCUT2D eigenvalue weighted by Crippen LogP contribution is 2.22. The second-order valence-electron chi connectivity index (χ2n) is 7.11. The molecule has 1 aromatic rings. The first-order valence-electron chi connectivity index (χ1n) is 7.41. The number of hydrogen-bond acceptors (Lipinski definition) is 2. The molecular formula is C17H26N2O. The maximum atomic E-state index is 12.1. The van der Waals surface area contributed by atoms with Crippen molar-refractivity contribution in [2.75, 3.05) is 13.1 Å². The van der Waals surface area contributed by atoms with E-state index in [1.165, 1.54) is 5.56 Å². The Morgan fingerprint density at radius 2 is 1.85 bits per heavy atom. The van der Waals surface area contributed by atoms with Crippen LogP contribution >= 0.6 is 0 Å². The number of nitrogens with two attached hydrogens (primary N) is 1. The van der Waals surface area contributed by atoms with E-state index in [-0.39, 0.29) is 11.3 Å². The van der Waals surface area contributed by atoms with Gasteiger partial charge in [-0.3, -0.25) is 4.79 Å². The lowest BCUT2D eigenvalue weighted by atomic mass is 9.86. The predicted octanol–water partition coefficient (Wildman–Crippen LogP) is 2.33. The van der Waals surface area contributed by atoms with Crippen LogP contribution in [0.1, 0.15) is 38.8 Å². The van der Waals surface area contributed by atoms with Crippen LogP contribution in [0.3, 0.4) is 0 Å². The molecule has 3 nitrogen and oxygen atoms in total. The molecule has 1 heterocycles. The molecule has 1 aliphatic heterocycles. The molecule has 110 valence electrons. The molecule has 1 atom stereocenters. The predicted molar refractivity (Wildman–Crippen MR) is 82.6 cm³/mol. The number of hydrogen-bond donors (Lipinski definition) is 1. The Balaban J connectivity index is 1.94. The molecule has 1 aromatic carbocycles. The van der Waals surface area contributed by atoms with E-state index in [0.29, 0.717) is 12.3 Å².